The average molecular weight is 409 g/mol. The zero-order valence-corrected chi connectivity index (χ0v) is 15.6. The van der Waals surface area contributed by atoms with Crippen LogP contribution in [-0.4, -0.2) is 15.0 Å². The Labute approximate surface area is 164 Å². The van der Waals surface area contributed by atoms with Crippen molar-refractivity contribution in [2.24, 2.45) is 0 Å². The van der Waals surface area contributed by atoms with Crippen molar-refractivity contribution in [3.8, 4) is 11.6 Å². The minimum atomic E-state index is -4.43. The normalized spacial score (nSPS) is 11.3. The summed E-state index contributed by atoms with van der Waals surface area (Å²) in [7, 11) is 0. The molecule has 9 heteroatoms. The lowest BCUT2D eigenvalue weighted by Gasteiger charge is -2.10. The molecule has 0 unspecified atom stereocenters. The molecule has 0 atom stereocenters. The Morgan fingerprint density at radius 1 is 1.04 bits per heavy atom. The van der Waals surface area contributed by atoms with Gasteiger partial charge < -0.3 is 10.1 Å². The maximum atomic E-state index is 12.6. The highest BCUT2D eigenvalue weighted by molar-refractivity contribution is 6.33. The minimum absolute atomic E-state index is 0.0822. The first kappa shape index (κ1) is 19.9. The highest BCUT2D eigenvalue weighted by Gasteiger charge is 2.30. The largest absolute Gasteiger partial charge is 0.439 e. The second-order valence-electron chi connectivity index (χ2n) is 5.82. The van der Waals surface area contributed by atoms with Crippen LogP contribution in [0.3, 0.4) is 0 Å². The molecule has 1 N–H and O–H groups in total. The van der Waals surface area contributed by atoms with Crippen molar-refractivity contribution in [3.05, 3.63) is 70.8 Å². The maximum absolute atomic E-state index is 12.6. The molecule has 0 saturated heterocycles. The number of alkyl halides is 3. The van der Waals surface area contributed by atoms with Crippen molar-refractivity contribution in [2.45, 2.75) is 26.1 Å². The number of aryl methyl sites for hydroxylation is 1. The van der Waals surface area contributed by atoms with Crippen molar-refractivity contribution in [2.75, 3.05) is 5.32 Å². The third-order valence-electron chi connectivity index (χ3n) is 3.87. The third kappa shape index (κ3) is 4.89. The molecule has 5 nitrogen and oxygen atoms in total. The van der Waals surface area contributed by atoms with Gasteiger partial charge in [0.15, 0.2) is 0 Å². The Balaban J connectivity index is 1.61. The lowest BCUT2D eigenvalue weighted by Crippen LogP contribution is -2.05. The molecule has 2 heterocycles. The maximum Gasteiger partial charge on any atom is 0.417 e. The van der Waals surface area contributed by atoms with E-state index in [9.17, 15) is 13.2 Å². The number of hydrogen-bond acceptors (Lipinski definition) is 5. The predicted octanol–water partition coefficient (Wildman–Crippen LogP) is 5.51. The van der Waals surface area contributed by atoms with Crippen LogP contribution in [0.4, 0.5) is 19.0 Å². The minimum Gasteiger partial charge on any atom is -0.439 e. The fourth-order valence-electron chi connectivity index (χ4n) is 2.37. The van der Waals surface area contributed by atoms with Crippen molar-refractivity contribution in [3.63, 3.8) is 0 Å². The van der Waals surface area contributed by atoms with E-state index in [-0.39, 0.29) is 5.88 Å². The quantitative estimate of drug-likeness (QED) is 0.582. The Morgan fingerprint density at radius 3 is 2.39 bits per heavy atom. The van der Waals surface area contributed by atoms with Gasteiger partial charge in [-0.25, -0.2) is 15.0 Å². The molecule has 0 spiro atoms. The number of nitrogens with one attached hydrogen (secondary N) is 1. The second kappa shape index (κ2) is 8.43. The highest BCUT2D eigenvalue weighted by Crippen LogP contribution is 2.30. The molecule has 3 rings (SSSR count). The fraction of sp³-hybridized carbons (Fsp3) is 0.211. The Morgan fingerprint density at radius 2 is 1.79 bits per heavy atom. The monoisotopic (exact) mass is 408 g/mol. The second-order valence-corrected chi connectivity index (χ2v) is 6.20. The molecule has 2 aromatic heterocycles. The van der Waals surface area contributed by atoms with Gasteiger partial charge in [0.25, 0.3) is 0 Å². The van der Waals surface area contributed by atoms with Crippen molar-refractivity contribution >= 4 is 17.4 Å². The van der Waals surface area contributed by atoms with E-state index >= 15 is 0 Å². The lowest BCUT2D eigenvalue weighted by atomic mass is 10.2. The van der Waals surface area contributed by atoms with E-state index in [0.717, 1.165) is 23.5 Å². The van der Waals surface area contributed by atoms with E-state index in [1.54, 1.807) is 12.1 Å². The van der Waals surface area contributed by atoms with Gasteiger partial charge in [-0.05, 0) is 30.2 Å². The van der Waals surface area contributed by atoms with Crippen LogP contribution < -0.4 is 10.1 Å². The van der Waals surface area contributed by atoms with E-state index in [4.69, 9.17) is 16.3 Å². The summed E-state index contributed by atoms with van der Waals surface area (Å²) in [5, 5.41) is 3.65. The summed E-state index contributed by atoms with van der Waals surface area (Å²) in [6.07, 6.45) is -1.52. The number of anilines is 1. The molecule has 0 radical (unpaired) electrons. The molecule has 0 fully saturated rings. The fourth-order valence-corrected chi connectivity index (χ4v) is 2.66. The summed E-state index contributed by atoms with van der Waals surface area (Å²) in [4.78, 5) is 11.9. The van der Waals surface area contributed by atoms with E-state index < -0.39 is 11.7 Å². The van der Waals surface area contributed by atoms with Crippen molar-refractivity contribution in [1.29, 1.82) is 0 Å². The molecule has 0 aliphatic rings. The summed E-state index contributed by atoms with van der Waals surface area (Å²) in [6, 6.07) is 9.16. The van der Waals surface area contributed by atoms with Crippen LogP contribution in [0.2, 0.25) is 5.02 Å². The Kier molecular flexibility index (Phi) is 5.99. The number of benzene rings is 1. The van der Waals surface area contributed by atoms with Crippen molar-refractivity contribution in [1.82, 2.24) is 15.0 Å². The molecule has 0 aliphatic heterocycles. The lowest BCUT2D eigenvalue weighted by molar-refractivity contribution is -0.137. The Hall–Kier alpha value is -2.87. The van der Waals surface area contributed by atoms with Gasteiger partial charge in [0.05, 0.1) is 11.3 Å². The molecule has 1 aromatic carbocycles. The van der Waals surface area contributed by atoms with Crippen LogP contribution in [0.5, 0.6) is 11.6 Å². The molecule has 0 bridgehead atoms. The zero-order valence-electron chi connectivity index (χ0n) is 14.8. The number of rotatable bonds is 6. The molecular weight excluding hydrogens is 393 g/mol. The van der Waals surface area contributed by atoms with Crippen LogP contribution in [0.1, 0.15) is 23.7 Å². The smallest absolute Gasteiger partial charge is 0.417 e. The van der Waals surface area contributed by atoms with Gasteiger partial charge in [-0.2, -0.15) is 13.2 Å². The number of ether oxygens (including phenoxy) is 1. The molecule has 0 aliphatic carbocycles. The number of pyridine rings is 1. The van der Waals surface area contributed by atoms with Crippen LogP contribution >= 0.6 is 11.6 Å². The van der Waals surface area contributed by atoms with E-state index in [2.05, 4.69) is 20.3 Å². The average Bonchev–Trinajstić information content (AvgIpc) is 2.68. The summed E-state index contributed by atoms with van der Waals surface area (Å²) in [5.74, 6) is 1.10. The summed E-state index contributed by atoms with van der Waals surface area (Å²) in [5.41, 5.74) is 0.892. The number of hydrogen-bond donors (Lipinski definition) is 1. The number of halogens is 4. The number of nitrogens with zero attached hydrogens (tertiary/aromatic N) is 3. The van der Waals surface area contributed by atoms with Gasteiger partial charge >= 0.3 is 6.18 Å². The summed E-state index contributed by atoms with van der Waals surface area (Å²) >= 11 is 6.25. The van der Waals surface area contributed by atoms with E-state index in [1.165, 1.54) is 12.4 Å². The van der Waals surface area contributed by atoms with Crippen LogP contribution in [-0.2, 0) is 19.1 Å². The number of aromatic nitrogens is 3. The molecule has 146 valence electrons. The SMILES string of the molecule is CCc1ncnc(NCc2ccc(Oc3ccc(C(F)(F)F)cn3)cc2)c1Cl. The Bertz CT molecular complexity index is 931. The predicted molar refractivity (Wildman–Crippen MR) is 99.5 cm³/mol. The van der Waals surface area contributed by atoms with Crippen LogP contribution in [0, 0.1) is 0 Å². The van der Waals surface area contributed by atoms with Gasteiger partial charge in [0, 0.05) is 18.8 Å². The van der Waals surface area contributed by atoms with Gasteiger partial charge in [-0.1, -0.05) is 30.7 Å². The van der Waals surface area contributed by atoms with Crippen LogP contribution in [0.15, 0.2) is 48.9 Å². The van der Waals surface area contributed by atoms with Gasteiger partial charge in [0.1, 0.15) is 22.9 Å². The summed E-state index contributed by atoms with van der Waals surface area (Å²) in [6.45, 7) is 2.45. The van der Waals surface area contributed by atoms with Crippen LogP contribution in [0.25, 0.3) is 0 Å². The first-order valence-electron chi connectivity index (χ1n) is 8.40. The topological polar surface area (TPSA) is 59.9 Å². The van der Waals surface area contributed by atoms with Gasteiger partial charge in [-0.15, -0.1) is 0 Å². The first-order valence-corrected chi connectivity index (χ1v) is 8.78. The molecule has 3 aromatic rings. The molecule has 0 saturated carbocycles. The van der Waals surface area contributed by atoms with Gasteiger partial charge in [-0.3, -0.25) is 0 Å². The standard InChI is InChI=1S/C19H16ClF3N4O/c1-2-15-17(20)18(27-11-26-15)25-9-12-3-6-14(7-4-12)28-16-8-5-13(10-24-16)19(21,22)23/h3-8,10-11H,2,9H2,1H3,(H,25,26,27). The zero-order chi connectivity index (χ0) is 20.1. The summed E-state index contributed by atoms with van der Waals surface area (Å²) < 4.78 is 43.1. The molecule has 0 amide bonds. The van der Waals surface area contributed by atoms with E-state index in [1.807, 2.05) is 19.1 Å². The molecular formula is C19H16ClF3N4O. The third-order valence-corrected chi connectivity index (χ3v) is 4.26. The van der Waals surface area contributed by atoms with E-state index in [0.29, 0.717) is 29.6 Å². The molecule has 28 heavy (non-hydrogen) atoms. The first-order chi connectivity index (χ1) is 13.4. The van der Waals surface area contributed by atoms with Gasteiger partial charge in [0.2, 0.25) is 5.88 Å². The van der Waals surface area contributed by atoms with Crippen molar-refractivity contribution < 1.29 is 17.9 Å². The highest BCUT2D eigenvalue weighted by atomic mass is 35.5.